The molecule has 0 atom stereocenters. The minimum Gasteiger partial charge on any atom is -0.652 e. The second-order valence-corrected chi connectivity index (χ2v) is 19.9. The maximum absolute atomic E-state index is 12.7. The van der Waals surface area contributed by atoms with Gasteiger partial charge in [0.2, 0.25) is 5.69 Å². The van der Waals surface area contributed by atoms with E-state index in [-0.39, 0.29) is 57.9 Å². The van der Waals surface area contributed by atoms with E-state index < -0.39 is 4.92 Å². The van der Waals surface area contributed by atoms with Crippen molar-refractivity contribution in [3.05, 3.63) is 120 Å². The summed E-state index contributed by atoms with van der Waals surface area (Å²) in [4.78, 5) is 32.7. The van der Waals surface area contributed by atoms with E-state index in [2.05, 4.69) is 141 Å². The maximum atomic E-state index is 12.7. The van der Waals surface area contributed by atoms with Crippen molar-refractivity contribution in [2.75, 3.05) is 0 Å². The number of nitro groups is 1. The van der Waals surface area contributed by atoms with Gasteiger partial charge in [-0.25, -0.2) is 9.97 Å². The fourth-order valence-electron chi connectivity index (χ4n) is 7.09. The van der Waals surface area contributed by atoms with Crippen LogP contribution in [0.2, 0.25) is 0 Å². The Kier molecular flexibility index (Phi) is 10.9. The van der Waals surface area contributed by atoms with Crippen LogP contribution in [0.25, 0.3) is 68.6 Å². The molecule has 9 heteroatoms. The van der Waals surface area contributed by atoms with E-state index in [1.165, 1.54) is 22.3 Å². The average Bonchev–Trinajstić information content (AvgIpc) is 3.92. The Bertz CT molecular complexity index is 2610. The quantitative estimate of drug-likeness (QED) is 0.0996. The molecule has 288 valence electrons. The smallest absolute Gasteiger partial charge is 0.652 e. The summed E-state index contributed by atoms with van der Waals surface area (Å²) in [6.07, 6.45) is 8.09. The largest absolute Gasteiger partial charge is 2.00 e. The monoisotopic (exact) mass is 871 g/mol. The Morgan fingerprint density at radius 2 is 0.842 bits per heavy atom. The van der Waals surface area contributed by atoms with Gasteiger partial charge in [-0.05, 0) is 101 Å². The number of halogens is 1. The van der Waals surface area contributed by atoms with E-state index in [1.807, 2.05) is 24.3 Å². The molecule has 0 N–H and O–H groups in total. The number of rotatable bonds is 3. The zero-order chi connectivity index (χ0) is 40.7. The number of hydrogen-bond acceptors (Lipinski definition) is 4. The number of nitrogens with zero attached hydrogens (tertiary/aromatic N) is 5. The van der Waals surface area contributed by atoms with Gasteiger partial charge in [0.05, 0.1) is 27.7 Å². The van der Waals surface area contributed by atoms with E-state index in [1.54, 1.807) is 18.2 Å². The van der Waals surface area contributed by atoms with E-state index in [0.29, 0.717) is 21.2 Å². The Morgan fingerprint density at radius 3 is 1.26 bits per heavy atom. The summed E-state index contributed by atoms with van der Waals surface area (Å²) in [5.41, 5.74) is 12.4. The summed E-state index contributed by atoms with van der Waals surface area (Å²) < 4.78 is 0.638. The third-order valence-corrected chi connectivity index (χ3v) is 11.4. The first-order valence-corrected chi connectivity index (χ1v) is 20.0. The Balaban J connectivity index is 0.00000549. The van der Waals surface area contributed by atoms with Crippen LogP contribution in [0.1, 0.15) is 128 Å². The minimum atomic E-state index is -0.399. The molecule has 2 aromatic carbocycles. The van der Waals surface area contributed by atoms with Gasteiger partial charge in [-0.15, -0.1) is 11.0 Å². The molecule has 57 heavy (non-hydrogen) atoms. The molecule has 0 fully saturated rings. The summed E-state index contributed by atoms with van der Waals surface area (Å²) in [5.74, 6) is 0. The van der Waals surface area contributed by atoms with Crippen LogP contribution in [0, 0.1) is 10.1 Å². The number of fused-ring (bicyclic) bond motifs is 8. The molecule has 7 nitrogen and oxygen atoms in total. The van der Waals surface area contributed by atoms with E-state index >= 15 is 0 Å². The van der Waals surface area contributed by atoms with Gasteiger partial charge >= 0.3 is 19.5 Å². The number of aromatic nitrogens is 4. The molecule has 0 unspecified atom stereocenters. The Hall–Kier alpha value is -4.46. The van der Waals surface area contributed by atoms with Gasteiger partial charge in [-0.1, -0.05) is 155 Å². The first-order valence-electron chi connectivity index (χ1n) is 19.2. The molecule has 2 aliphatic heterocycles. The normalized spacial score (nSPS) is 13.2. The van der Waals surface area contributed by atoms with Crippen LogP contribution in [0.5, 0.6) is 0 Å². The summed E-state index contributed by atoms with van der Waals surface area (Å²) in [6, 6.07) is 20.7. The average molecular weight is 874 g/mol. The standard InChI is InChI=1S/C48H50BrN5O2.Zn/c1-45(2,3)29-21-27(22-30(25-29)46(4,5)6)41-33-13-14-34(50-33)42(28-23-31(47(7,8)9)26-32(24-28)48(10,11)12)36-16-19-39(52-36)44(54(55)56)40-20-18-38(53-40)43(49)37-17-15-35(41)51-37;/h13-26H,1-12H3;/q-2;+2. The van der Waals surface area contributed by atoms with Crippen molar-refractivity contribution in [2.24, 2.45) is 0 Å². The van der Waals surface area contributed by atoms with Crippen molar-refractivity contribution >= 4 is 68.0 Å². The summed E-state index contributed by atoms with van der Waals surface area (Å²) >= 11 is 3.75. The minimum absolute atomic E-state index is 0. The van der Waals surface area contributed by atoms with Crippen LogP contribution >= 0.6 is 15.9 Å². The first-order chi connectivity index (χ1) is 26.0. The predicted octanol–water partition coefficient (Wildman–Crippen LogP) is 13.1. The van der Waals surface area contributed by atoms with Crippen LogP contribution in [0.3, 0.4) is 0 Å². The van der Waals surface area contributed by atoms with Crippen LogP contribution in [-0.2, 0) is 41.1 Å². The van der Waals surface area contributed by atoms with Gasteiger partial charge in [0.1, 0.15) is 0 Å². The molecule has 0 amide bonds. The molecule has 5 aromatic rings. The van der Waals surface area contributed by atoms with Crippen LogP contribution < -0.4 is 9.97 Å². The first kappa shape index (κ1) is 42.2. The van der Waals surface area contributed by atoms with Gasteiger partial charge in [-0.2, -0.15) is 0 Å². The van der Waals surface area contributed by atoms with E-state index in [4.69, 9.17) is 19.9 Å². The Morgan fingerprint density at radius 1 is 0.509 bits per heavy atom. The van der Waals surface area contributed by atoms with E-state index in [9.17, 15) is 10.1 Å². The van der Waals surface area contributed by atoms with Gasteiger partial charge in [0.25, 0.3) is 0 Å². The zero-order valence-corrected chi connectivity index (χ0v) is 39.8. The molecule has 5 heterocycles. The maximum Gasteiger partial charge on any atom is 2.00 e. The van der Waals surface area contributed by atoms with Crippen molar-refractivity contribution in [3.8, 4) is 22.3 Å². The fourth-order valence-corrected chi connectivity index (χ4v) is 7.53. The zero-order valence-electron chi connectivity index (χ0n) is 35.2. The third kappa shape index (κ3) is 8.29. The SMILES string of the molecule is CC(C)(C)c1cc(-c2c3nc(c(Br)c4ccc([n-]4)c([N+](=O)[O-])c4ccc([n-]4)c(-c4cc(C(C)(C)C)cc(C(C)(C)C)c4)c4nc2C=C4)C=C3)cc(C(C)(C)C)c1.[Zn+2]. The fraction of sp³-hybridized carbons (Fsp3) is 0.333. The topological polar surface area (TPSA) is 97.1 Å². The molecular formula is C48H50BrN5O2Zn. The molecule has 8 bridgehead atoms. The van der Waals surface area contributed by atoms with Crippen molar-refractivity contribution in [1.82, 2.24) is 19.9 Å². The summed E-state index contributed by atoms with van der Waals surface area (Å²) in [6.45, 7) is 26.8. The predicted molar refractivity (Wildman–Crippen MR) is 237 cm³/mol. The van der Waals surface area contributed by atoms with Crippen LogP contribution in [0.4, 0.5) is 5.69 Å². The van der Waals surface area contributed by atoms with Crippen LogP contribution in [0.15, 0.2) is 65.1 Å². The third-order valence-electron chi connectivity index (χ3n) is 10.6. The van der Waals surface area contributed by atoms with Crippen molar-refractivity contribution in [3.63, 3.8) is 0 Å². The van der Waals surface area contributed by atoms with Gasteiger partial charge in [0.15, 0.2) is 0 Å². The van der Waals surface area contributed by atoms with Gasteiger partial charge in [-0.3, -0.25) is 10.1 Å². The molecule has 0 saturated heterocycles. The van der Waals surface area contributed by atoms with Crippen molar-refractivity contribution < 1.29 is 24.4 Å². The molecule has 7 rings (SSSR count). The second-order valence-electron chi connectivity index (χ2n) is 19.1. The molecule has 3 aromatic heterocycles. The molecular weight excluding hydrogens is 824 g/mol. The molecule has 2 aliphatic rings. The Labute approximate surface area is 357 Å². The summed E-state index contributed by atoms with van der Waals surface area (Å²) in [5, 5.41) is 12.7. The number of hydrogen-bond donors (Lipinski definition) is 0. The second kappa shape index (κ2) is 14.7. The number of benzene rings is 2. The van der Waals surface area contributed by atoms with E-state index in [0.717, 1.165) is 39.3 Å². The molecule has 0 saturated carbocycles. The molecule has 0 radical (unpaired) electrons. The van der Waals surface area contributed by atoms with Crippen LogP contribution in [-0.4, -0.2) is 14.9 Å². The van der Waals surface area contributed by atoms with Gasteiger partial charge < -0.3 is 9.97 Å². The summed E-state index contributed by atoms with van der Waals surface area (Å²) in [7, 11) is 0. The van der Waals surface area contributed by atoms with Crippen molar-refractivity contribution in [2.45, 2.75) is 105 Å². The molecule has 0 aliphatic carbocycles. The van der Waals surface area contributed by atoms with Crippen molar-refractivity contribution in [1.29, 1.82) is 0 Å². The molecule has 0 spiro atoms. The van der Waals surface area contributed by atoms with Gasteiger partial charge in [0, 0.05) is 10.0 Å².